The van der Waals surface area contributed by atoms with Gasteiger partial charge in [-0.15, -0.1) is 0 Å². The molecule has 3 aliphatic rings. The first kappa shape index (κ1) is 16.4. The molecule has 6 heteroatoms. The molecule has 1 atom stereocenters. The second-order valence-electron chi connectivity index (χ2n) is 7.90. The van der Waals surface area contributed by atoms with Gasteiger partial charge >= 0.3 is 0 Å². The molecule has 0 radical (unpaired) electrons. The van der Waals surface area contributed by atoms with Gasteiger partial charge in [-0.25, -0.2) is 22.7 Å². The zero-order valence-corrected chi connectivity index (χ0v) is 15.6. The minimum atomic E-state index is -3.13. The predicted octanol–water partition coefficient (Wildman–Crippen LogP) is 2.92. The molecule has 1 aliphatic heterocycles. The van der Waals surface area contributed by atoms with Gasteiger partial charge in [-0.3, -0.25) is 0 Å². The maximum Gasteiger partial charge on any atom is 0.217 e. The lowest BCUT2D eigenvalue weighted by molar-refractivity contribution is 0.219. The van der Waals surface area contributed by atoms with Crippen LogP contribution in [-0.4, -0.2) is 41.0 Å². The van der Waals surface area contributed by atoms with Gasteiger partial charge in [0.1, 0.15) is 0 Å². The molecule has 2 heterocycles. The largest absolute Gasteiger partial charge is 0.236 e. The lowest BCUT2D eigenvalue weighted by Crippen LogP contribution is -2.48. The Bertz CT molecular complexity index is 937. The van der Waals surface area contributed by atoms with Gasteiger partial charge in [0.05, 0.1) is 10.9 Å². The minimum Gasteiger partial charge on any atom is -0.236 e. The Morgan fingerprint density at radius 1 is 1.12 bits per heavy atom. The predicted molar refractivity (Wildman–Crippen MR) is 100 cm³/mol. The van der Waals surface area contributed by atoms with E-state index in [1.807, 2.05) is 36.5 Å². The minimum absolute atomic E-state index is 0.135. The molecule has 1 saturated heterocycles. The van der Waals surface area contributed by atoms with E-state index >= 15 is 0 Å². The number of sulfonamides is 1. The molecule has 2 aliphatic carbocycles. The van der Waals surface area contributed by atoms with Crippen LogP contribution in [0.4, 0.5) is 0 Å². The third-order valence-electron chi connectivity index (χ3n) is 6.12. The quantitative estimate of drug-likeness (QED) is 0.834. The topological polar surface area (TPSA) is 63.2 Å². The first-order chi connectivity index (χ1) is 12.6. The van der Waals surface area contributed by atoms with Gasteiger partial charge in [0.25, 0.3) is 0 Å². The van der Waals surface area contributed by atoms with Crippen molar-refractivity contribution in [3.63, 3.8) is 0 Å². The van der Waals surface area contributed by atoms with Crippen molar-refractivity contribution in [3.8, 4) is 11.4 Å². The van der Waals surface area contributed by atoms with Gasteiger partial charge in [0, 0.05) is 30.3 Å². The summed E-state index contributed by atoms with van der Waals surface area (Å²) < 4.78 is 27.3. The average Bonchev–Trinajstić information content (AvgIpc) is 3.49. The summed E-state index contributed by atoms with van der Waals surface area (Å²) in [6.45, 7) is 1.25. The summed E-state index contributed by atoms with van der Waals surface area (Å²) in [6, 6.07) is 10.0. The summed E-state index contributed by atoms with van der Waals surface area (Å²) in [4.78, 5) is 9.51. The Morgan fingerprint density at radius 3 is 2.69 bits per heavy atom. The highest BCUT2D eigenvalue weighted by molar-refractivity contribution is 7.90. The molecule has 26 heavy (non-hydrogen) atoms. The van der Waals surface area contributed by atoms with Crippen molar-refractivity contribution >= 4 is 10.0 Å². The fraction of sp³-hybridized carbons (Fsp3) is 0.500. The molecule has 5 rings (SSSR count). The van der Waals surface area contributed by atoms with Gasteiger partial charge in [-0.1, -0.05) is 30.3 Å². The van der Waals surface area contributed by atoms with Crippen molar-refractivity contribution in [2.75, 3.05) is 13.1 Å². The number of rotatable bonds is 3. The van der Waals surface area contributed by atoms with E-state index in [2.05, 4.69) is 4.98 Å². The van der Waals surface area contributed by atoms with E-state index in [0.717, 1.165) is 55.6 Å². The monoisotopic (exact) mass is 369 g/mol. The molecule has 1 spiro atoms. The van der Waals surface area contributed by atoms with E-state index in [9.17, 15) is 8.42 Å². The molecule has 5 nitrogen and oxygen atoms in total. The van der Waals surface area contributed by atoms with E-state index in [1.54, 1.807) is 4.31 Å². The first-order valence-electron chi connectivity index (χ1n) is 9.49. The van der Waals surface area contributed by atoms with E-state index in [1.165, 1.54) is 5.56 Å². The highest BCUT2D eigenvalue weighted by atomic mass is 32.2. The van der Waals surface area contributed by atoms with Crippen LogP contribution >= 0.6 is 0 Å². The highest BCUT2D eigenvalue weighted by Gasteiger charge is 2.49. The summed E-state index contributed by atoms with van der Waals surface area (Å²) in [5.41, 5.74) is 3.15. The Morgan fingerprint density at radius 2 is 1.92 bits per heavy atom. The summed E-state index contributed by atoms with van der Waals surface area (Å²) in [5, 5.41) is -0.135. The zero-order valence-electron chi connectivity index (χ0n) is 14.8. The second kappa shape index (κ2) is 5.86. The van der Waals surface area contributed by atoms with Crippen molar-refractivity contribution < 1.29 is 8.42 Å². The van der Waals surface area contributed by atoms with Crippen LogP contribution in [0, 0.1) is 0 Å². The number of piperidine rings is 1. The molecule has 2 fully saturated rings. The van der Waals surface area contributed by atoms with Crippen molar-refractivity contribution in [3.05, 3.63) is 47.8 Å². The maximum absolute atomic E-state index is 12.8. The lowest BCUT2D eigenvalue weighted by atomic mass is 9.78. The van der Waals surface area contributed by atoms with Crippen LogP contribution in [0.3, 0.4) is 0 Å². The summed E-state index contributed by atoms with van der Waals surface area (Å²) in [5.74, 6) is 0.743. The number of aryl methyl sites for hydroxylation is 1. The summed E-state index contributed by atoms with van der Waals surface area (Å²) in [7, 11) is -3.13. The van der Waals surface area contributed by atoms with Gasteiger partial charge < -0.3 is 0 Å². The van der Waals surface area contributed by atoms with Gasteiger partial charge in [-0.05, 0) is 44.1 Å². The second-order valence-corrected chi connectivity index (χ2v) is 10.1. The maximum atomic E-state index is 12.8. The highest BCUT2D eigenvalue weighted by Crippen LogP contribution is 2.46. The standard InChI is InChI=1S/C20H23N3O2S/c24-26(25,17-7-8-17)23-12-4-10-20(14-23)11-9-16-13-21-19(22-18(16)20)15-5-2-1-3-6-15/h1-3,5-6,13,17H,4,7-12,14H2. The molecule has 0 amide bonds. The molecule has 1 aromatic carbocycles. The smallest absolute Gasteiger partial charge is 0.217 e. The lowest BCUT2D eigenvalue weighted by Gasteiger charge is -2.39. The third kappa shape index (κ3) is 2.58. The van der Waals surface area contributed by atoms with Crippen LogP contribution in [0.15, 0.2) is 36.5 Å². The van der Waals surface area contributed by atoms with Gasteiger partial charge in [0.2, 0.25) is 10.0 Å². The Kier molecular flexibility index (Phi) is 3.69. The molecule has 2 aromatic rings. The number of hydrogen-bond donors (Lipinski definition) is 0. The van der Waals surface area contributed by atoms with E-state index in [-0.39, 0.29) is 10.7 Å². The number of aromatic nitrogens is 2. The van der Waals surface area contributed by atoms with Crippen molar-refractivity contribution in [1.82, 2.24) is 14.3 Å². The van der Waals surface area contributed by atoms with Crippen LogP contribution in [-0.2, 0) is 21.9 Å². The molecule has 136 valence electrons. The Labute approximate surface area is 154 Å². The number of nitrogens with zero attached hydrogens (tertiary/aromatic N) is 3. The Balaban J connectivity index is 1.52. The normalized spacial score (nSPS) is 26.2. The van der Waals surface area contributed by atoms with Crippen LogP contribution in [0.5, 0.6) is 0 Å². The fourth-order valence-corrected chi connectivity index (χ4v) is 6.51. The van der Waals surface area contributed by atoms with Crippen molar-refractivity contribution in [2.24, 2.45) is 0 Å². The van der Waals surface area contributed by atoms with Crippen LogP contribution in [0.25, 0.3) is 11.4 Å². The summed E-state index contributed by atoms with van der Waals surface area (Å²) in [6.07, 6.45) is 7.45. The Hall–Kier alpha value is -1.79. The van der Waals surface area contributed by atoms with Crippen LogP contribution in [0.1, 0.15) is 43.4 Å². The van der Waals surface area contributed by atoms with Crippen molar-refractivity contribution in [2.45, 2.75) is 49.2 Å². The number of fused-ring (bicyclic) bond motifs is 2. The zero-order chi connectivity index (χ0) is 17.8. The molecular formula is C20H23N3O2S. The molecule has 1 saturated carbocycles. The molecule has 1 aromatic heterocycles. The van der Waals surface area contributed by atoms with E-state index in [0.29, 0.717) is 13.1 Å². The van der Waals surface area contributed by atoms with E-state index in [4.69, 9.17) is 4.98 Å². The SMILES string of the molecule is O=S(=O)(C1CC1)N1CCCC2(CCc3cnc(-c4ccccc4)nc32)C1. The summed E-state index contributed by atoms with van der Waals surface area (Å²) >= 11 is 0. The van der Waals surface area contributed by atoms with Crippen LogP contribution < -0.4 is 0 Å². The third-order valence-corrected chi connectivity index (χ3v) is 8.46. The van der Waals surface area contributed by atoms with Gasteiger partial charge in [0.15, 0.2) is 5.82 Å². The molecule has 0 N–H and O–H groups in total. The van der Waals surface area contributed by atoms with Crippen LogP contribution in [0.2, 0.25) is 0 Å². The number of hydrogen-bond acceptors (Lipinski definition) is 4. The van der Waals surface area contributed by atoms with Crippen molar-refractivity contribution in [1.29, 1.82) is 0 Å². The fourth-order valence-electron chi connectivity index (χ4n) is 4.55. The number of benzene rings is 1. The van der Waals surface area contributed by atoms with E-state index < -0.39 is 10.0 Å². The average molecular weight is 369 g/mol. The molecule has 1 unspecified atom stereocenters. The first-order valence-corrected chi connectivity index (χ1v) is 11.0. The van der Waals surface area contributed by atoms with Gasteiger partial charge in [-0.2, -0.15) is 0 Å². The molecular weight excluding hydrogens is 346 g/mol. The molecule has 0 bridgehead atoms.